The monoisotopic (exact) mass is 306 g/mol. The summed E-state index contributed by atoms with van der Waals surface area (Å²) in [6.07, 6.45) is -0.671. The average Bonchev–Trinajstić information content (AvgIpc) is 2.95. The molecule has 114 valence electrons. The molecule has 2 rings (SSSR count). The molecule has 21 heavy (non-hydrogen) atoms. The Labute approximate surface area is 130 Å². The second-order valence-corrected chi connectivity index (χ2v) is 7.12. The fourth-order valence-corrected chi connectivity index (χ4v) is 3.13. The third-order valence-electron chi connectivity index (χ3n) is 3.32. The molecule has 0 fully saturated rings. The predicted molar refractivity (Wildman–Crippen MR) is 86.6 cm³/mol. The Morgan fingerprint density at radius 2 is 1.57 bits per heavy atom. The van der Waals surface area contributed by atoms with Crippen LogP contribution in [-0.2, 0) is 5.41 Å². The molecule has 2 aromatic rings. The second kappa shape index (κ2) is 6.08. The summed E-state index contributed by atoms with van der Waals surface area (Å²) in [7, 11) is 3.21. The van der Waals surface area contributed by atoms with Crippen molar-refractivity contribution in [2.24, 2.45) is 0 Å². The Bertz CT molecular complexity index is 588. The molecule has 0 aliphatic heterocycles. The molecule has 0 spiro atoms. The standard InChI is InChI=1S/C17H22O3S/c1-17(2,3)15-7-6-14(21-15)16(18)11-8-12(19-4)10-13(9-11)20-5/h6-10,16,18H,1-5H3. The van der Waals surface area contributed by atoms with Crippen molar-refractivity contribution in [3.05, 3.63) is 45.6 Å². The van der Waals surface area contributed by atoms with Crippen molar-refractivity contribution in [1.29, 1.82) is 0 Å². The van der Waals surface area contributed by atoms with Gasteiger partial charge in [0.15, 0.2) is 0 Å². The smallest absolute Gasteiger partial charge is 0.122 e. The first-order chi connectivity index (χ1) is 9.85. The Morgan fingerprint density at radius 3 is 2.00 bits per heavy atom. The fourth-order valence-electron chi connectivity index (χ4n) is 2.05. The first-order valence-electron chi connectivity index (χ1n) is 6.86. The van der Waals surface area contributed by atoms with Crippen LogP contribution >= 0.6 is 11.3 Å². The molecule has 4 heteroatoms. The summed E-state index contributed by atoms with van der Waals surface area (Å²) >= 11 is 1.64. The molecule has 0 radical (unpaired) electrons. The zero-order valence-electron chi connectivity index (χ0n) is 13.1. The molecule has 0 saturated heterocycles. The van der Waals surface area contributed by atoms with Crippen molar-refractivity contribution in [3.63, 3.8) is 0 Å². The highest BCUT2D eigenvalue weighted by molar-refractivity contribution is 7.12. The van der Waals surface area contributed by atoms with E-state index in [1.54, 1.807) is 31.6 Å². The van der Waals surface area contributed by atoms with Crippen LogP contribution in [0.4, 0.5) is 0 Å². The quantitative estimate of drug-likeness (QED) is 0.922. The van der Waals surface area contributed by atoms with Crippen LogP contribution in [-0.4, -0.2) is 19.3 Å². The van der Waals surface area contributed by atoms with Crippen LogP contribution in [0.3, 0.4) is 0 Å². The van der Waals surface area contributed by atoms with Crippen molar-refractivity contribution >= 4 is 11.3 Å². The molecule has 1 heterocycles. The normalized spacial score (nSPS) is 13.0. The van der Waals surface area contributed by atoms with Crippen molar-refractivity contribution in [2.45, 2.75) is 32.3 Å². The average molecular weight is 306 g/mol. The Balaban J connectivity index is 2.35. The van der Waals surface area contributed by atoms with Crippen LogP contribution in [0, 0.1) is 0 Å². The minimum absolute atomic E-state index is 0.0920. The van der Waals surface area contributed by atoms with Gasteiger partial charge < -0.3 is 14.6 Å². The van der Waals surface area contributed by atoms with E-state index in [1.165, 1.54) is 4.88 Å². The Hall–Kier alpha value is -1.52. The van der Waals surface area contributed by atoms with E-state index in [-0.39, 0.29) is 5.41 Å². The molecule has 0 aliphatic rings. The number of benzene rings is 1. The van der Waals surface area contributed by atoms with Crippen LogP contribution in [0.5, 0.6) is 11.5 Å². The Kier molecular flexibility index (Phi) is 4.59. The van der Waals surface area contributed by atoms with Crippen LogP contribution in [0.2, 0.25) is 0 Å². The molecule has 0 bridgehead atoms. The van der Waals surface area contributed by atoms with E-state index < -0.39 is 6.10 Å². The first-order valence-corrected chi connectivity index (χ1v) is 7.68. The van der Waals surface area contributed by atoms with Crippen LogP contribution in [0.1, 0.15) is 42.2 Å². The molecule has 1 atom stereocenters. The summed E-state index contributed by atoms with van der Waals surface area (Å²) in [5, 5.41) is 10.6. The van der Waals surface area contributed by atoms with Gasteiger partial charge in [-0.1, -0.05) is 20.8 Å². The maximum absolute atomic E-state index is 10.6. The molecule has 1 unspecified atom stereocenters. The molecule has 0 amide bonds. The molecule has 3 nitrogen and oxygen atoms in total. The lowest BCUT2D eigenvalue weighted by molar-refractivity contribution is 0.223. The van der Waals surface area contributed by atoms with Crippen molar-refractivity contribution in [3.8, 4) is 11.5 Å². The van der Waals surface area contributed by atoms with E-state index in [1.807, 2.05) is 18.2 Å². The third kappa shape index (κ3) is 3.57. The summed E-state index contributed by atoms with van der Waals surface area (Å²) in [5.41, 5.74) is 0.864. The van der Waals surface area contributed by atoms with Gasteiger partial charge >= 0.3 is 0 Å². The third-order valence-corrected chi connectivity index (χ3v) is 4.89. The predicted octanol–water partition coefficient (Wildman–Crippen LogP) is 4.14. The van der Waals surface area contributed by atoms with Gasteiger partial charge in [-0.05, 0) is 35.2 Å². The zero-order valence-corrected chi connectivity index (χ0v) is 14.0. The molecule has 0 saturated carbocycles. The second-order valence-electron chi connectivity index (χ2n) is 6.00. The highest BCUT2D eigenvalue weighted by Crippen LogP contribution is 2.36. The maximum Gasteiger partial charge on any atom is 0.122 e. The zero-order chi connectivity index (χ0) is 15.6. The largest absolute Gasteiger partial charge is 0.497 e. The number of thiophene rings is 1. The topological polar surface area (TPSA) is 38.7 Å². The van der Waals surface area contributed by atoms with Gasteiger partial charge in [-0.25, -0.2) is 0 Å². The molecule has 1 N–H and O–H groups in total. The number of methoxy groups -OCH3 is 2. The van der Waals surface area contributed by atoms with Gasteiger partial charge in [0.05, 0.1) is 14.2 Å². The summed E-state index contributed by atoms with van der Waals surface area (Å²) in [6, 6.07) is 9.54. The number of ether oxygens (including phenoxy) is 2. The van der Waals surface area contributed by atoms with Gasteiger partial charge in [-0.3, -0.25) is 0 Å². The number of hydrogen-bond acceptors (Lipinski definition) is 4. The summed E-state index contributed by atoms with van der Waals surface area (Å²) < 4.78 is 10.5. The minimum atomic E-state index is -0.671. The van der Waals surface area contributed by atoms with Crippen molar-refractivity contribution < 1.29 is 14.6 Å². The van der Waals surface area contributed by atoms with Gasteiger partial charge in [0.25, 0.3) is 0 Å². The molecule has 1 aromatic heterocycles. The summed E-state index contributed by atoms with van der Waals surface area (Å²) in [4.78, 5) is 2.18. The van der Waals surface area contributed by atoms with Gasteiger partial charge in [0, 0.05) is 15.8 Å². The first kappa shape index (κ1) is 15.9. The van der Waals surface area contributed by atoms with Crippen molar-refractivity contribution in [2.75, 3.05) is 14.2 Å². The summed E-state index contributed by atoms with van der Waals surface area (Å²) in [6.45, 7) is 6.51. The lowest BCUT2D eigenvalue weighted by Gasteiger charge is -2.16. The van der Waals surface area contributed by atoms with E-state index in [0.29, 0.717) is 11.5 Å². The SMILES string of the molecule is COc1cc(OC)cc(C(O)c2ccc(C(C)(C)C)s2)c1. The van der Waals surface area contributed by atoms with Gasteiger partial charge in [0.2, 0.25) is 0 Å². The van der Waals surface area contributed by atoms with E-state index in [2.05, 4.69) is 26.8 Å². The number of aliphatic hydroxyl groups excluding tert-OH is 1. The Morgan fingerprint density at radius 1 is 1.00 bits per heavy atom. The molecule has 0 aliphatic carbocycles. The lowest BCUT2D eigenvalue weighted by atomic mass is 9.95. The van der Waals surface area contributed by atoms with Crippen LogP contribution in [0.15, 0.2) is 30.3 Å². The summed E-state index contributed by atoms with van der Waals surface area (Å²) in [5.74, 6) is 1.35. The van der Waals surface area contributed by atoms with Crippen LogP contribution < -0.4 is 9.47 Å². The minimum Gasteiger partial charge on any atom is -0.497 e. The van der Waals surface area contributed by atoms with Gasteiger partial charge in [0.1, 0.15) is 17.6 Å². The molecular formula is C17H22O3S. The van der Waals surface area contributed by atoms with Crippen LogP contribution in [0.25, 0.3) is 0 Å². The molecule has 1 aromatic carbocycles. The van der Waals surface area contributed by atoms with E-state index in [0.717, 1.165) is 10.4 Å². The van der Waals surface area contributed by atoms with Gasteiger partial charge in [-0.2, -0.15) is 0 Å². The van der Waals surface area contributed by atoms with E-state index in [4.69, 9.17) is 9.47 Å². The lowest BCUT2D eigenvalue weighted by Crippen LogP contribution is -2.07. The van der Waals surface area contributed by atoms with Gasteiger partial charge in [-0.15, -0.1) is 11.3 Å². The van der Waals surface area contributed by atoms with E-state index in [9.17, 15) is 5.11 Å². The highest BCUT2D eigenvalue weighted by atomic mass is 32.1. The van der Waals surface area contributed by atoms with E-state index >= 15 is 0 Å². The fraction of sp³-hybridized carbons (Fsp3) is 0.412. The number of rotatable bonds is 4. The highest BCUT2D eigenvalue weighted by Gasteiger charge is 2.20. The molecular weight excluding hydrogens is 284 g/mol. The number of hydrogen-bond donors (Lipinski definition) is 1. The van der Waals surface area contributed by atoms with Crippen molar-refractivity contribution in [1.82, 2.24) is 0 Å². The number of aliphatic hydroxyl groups is 1. The maximum atomic E-state index is 10.6.